The minimum absolute atomic E-state index is 0.180. The van der Waals surface area contributed by atoms with Crippen LogP contribution in [-0.2, 0) is 0 Å². The number of nitrogens with zero attached hydrogens (tertiary/aromatic N) is 4. The quantitative estimate of drug-likeness (QED) is 0.810. The Labute approximate surface area is 95.9 Å². The van der Waals surface area contributed by atoms with Crippen molar-refractivity contribution in [1.29, 1.82) is 0 Å². The molecule has 2 N–H and O–H groups in total. The summed E-state index contributed by atoms with van der Waals surface area (Å²) in [5.41, 5.74) is 1.30. The summed E-state index contributed by atoms with van der Waals surface area (Å²) in [4.78, 5) is 19.3. The van der Waals surface area contributed by atoms with Crippen molar-refractivity contribution < 1.29 is 9.90 Å². The second kappa shape index (κ2) is 3.62. The van der Waals surface area contributed by atoms with E-state index in [9.17, 15) is 4.79 Å². The molecule has 0 aliphatic heterocycles. The third-order valence-corrected chi connectivity index (χ3v) is 2.66. The molecule has 0 bridgehead atoms. The summed E-state index contributed by atoms with van der Waals surface area (Å²) >= 11 is 0. The van der Waals surface area contributed by atoms with Crippen molar-refractivity contribution in [3.8, 4) is 11.5 Å². The van der Waals surface area contributed by atoms with Crippen molar-refractivity contribution in [2.75, 3.05) is 0 Å². The Kier molecular flexibility index (Phi) is 2.10. The molecular weight excluding hydrogens is 222 g/mol. The number of rotatable bonds is 3. The van der Waals surface area contributed by atoms with Crippen molar-refractivity contribution in [3.63, 3.8) is 0 Å². The third-order valence-electron chi connectivity index (χ3n) is 2.66. The van der Waals surface area contributed by atoms with E-state index in [1.54, 1.807) is 0 Å². The number of carboxylic acid groups (broad SMARTS) is 1. The molecule has 0 spiro atoms. The normalized spacial score (nSPS) is 14.8. The van der Waals surface area contributed by atoms with Gasteiger partial charge in [-0.2, -0.15) is 15.4 Å². The van der Waals surface area contributed by atoms with Crippen LogP contribution in [0.2, 0.25) is 0 Å². The summed E-state index contributed by atoms with van der Waals surface area (Å²) < 4.78 is 0. The van der Waals surface area contributed by atoms with E-state index in [-0.39, 0.29) is 11.5 Å². The van der Waals surface area contributed by atoms with Crippen molar-refractivity contribution >= 4 is 5.97 Å². The summed E-state index contributed by atoms with van der Waals surface area (Å²) in [7, 11) is 0. The van der Waals surface area contributed by atoms with Crippen LogP contribution < -0.4 is 0 Å². The van der Waals surface area contributed by atoms with Crippen molar-refractivity contribution in [2.24, 2.45) is 0 Å². The fourth-order valence-corrected chi connectivity index (χ4v) is 1.66. The second-order valence-corrected chi connectivity index (χ2v) is 3.93. The predicted octanol–water partition coefficient (Wildman–Crippen LogP) is 0.837. The van der Waals surface area contributed by atoms with Gasteiger partial charge in [0.05, 0.1) is 17.5 Å². The van der Waals surface area contributed by atoms with E-state index >= 15 is 0 Å². The minimum atomic E-state index is -0.987. The maximum Gasteiger partial charge on any atom is 0.339 e. The van der Waals surface area contributed by atoms with Gasteiger partial charge in [0.25, 0.3) is 0 Å². The summed E-state index contributed by atoms with van der Waals surface area (Å²) in [6.07, 6.45) is 4.81. The van der Waals surface area contributed by atoms with E-state index in [1.165, 1.54) is 12.4 Å². The zero-order valence-electron chi connectivity index (χ0n) is 8.79. The fourth-order valence-electron chi connectivity index (χ4n) is 1.66. The molecule has 7 heteroatoms. The van der Waals surface area contributed by atoms with Crippen LogP contribution >= 0.6 is 0 Å². The second-order valence-electron chi connectivity index (χ2n) is 3.93. The van der Waals surface area contributed by atoms with Crippen LogP contribution in [0.1, 0.15) is 34.8 Å². The first-order valence-electron chi connectivity index (χ1n) is 5.22. The largest absolute Gasteiger partial charge is 0.478 e. The van der Waals surface area contributed by atoms with Gasteiger partial charge in [0.1, 0.15) is 5.69 Å². The monoisotopic (exact) mass is 231 g/mol. The molecule has 1 fully saturated rings. The van der Waals surface area contributed by atoms with Crippen molar-refractivity contribution in [2.45, 2.75) is 18.8 Å². The molecule has 3 rings (SSSR count). The van der Waals surface area contributed by atoms with Gasteiger partial charge in [-0.05, 0) is 12.8 Å². The third kappa shape index (κ3) is 1.75. The fraction of sp³-hybridized carbons (Fsp3) is 0.300. The van der Waals surface area contributed by atoms with E-state index in [4.69, 9.17) is 5.11 Å². The first-order chi connectivity index (χ1) is 8.25. The first-order valence-corrected chi connectivity index (χ1v) is 5.22. The maximum atomic E-state index is 11.0. The SMILES string of the molecule is O=C(O)c1cnc(-c2cn[nH]n2)nc1C1CC1. The highest BCUT2D eigenvalue weighted by atomic mass is 16.4. The number of aromatic nitrogens is 5. The van der Waals surface area contributed by atoms with Gasteiger partial charge in [0.2, 0.25) is 0 Å². The van der Waals surface area contributed by atoms with Gasteiger partial charge in [0.15, 0.2) is 5.82 Å². The van der Waals surface area contributed by atoms with E-state index in [2.05, 4.69) is 25.4 Å². The van der Waals surface area contributed by atoms with Crippen LogP contribution in [0.3, 0.4) is 0 Å². The summed E-state index contributed by atoms with van der Waals surface area (Å²) in [5, 5.41) is 19.1. The van der Waals surface area contributed by atoms with Gasteiger partial charge in [-0.25, -0.2) is 14.8 Å². The molecule has 7 nitrogen and oxygen atoms in total. The molecule has 0 aromatic carbocycles. The number of aromatic carboxylic acids is 1. The predicted molar refractivity (Wildman–Crippen MR) is 56.3 cm³/mol. The molecule has 0 saturated heterocycles. The highest BCUT2D eigenvalue weighted by Gasteiger charge is 2.30. The summed E-state index contributed by atoms with van der Waals surface area (Å²) in [6.45, 7) is 0. The molecule has 86 valence electrons. The minimum Gasteiger partial charge on any atom is -0.478 e. The summed E-state index contributed by atoms with van der Waals surface area (Å²) in [6, 6.07) is 0. The highest BCUT2D eigenvalue weighted by molar-refractivity contribution is 5.89. The number of hydrogen-bond acceptors (Lipinski definition) is 5. The maximum absolute atomic E-state index is 11.0. The van der Waals surface area contributed by atoms with Gasteiger partial charge in [-0.15, -0.1) is 0 Å². The Balaban J connectivity index is 2.09. The Morgan fingerprint density at radius 2 is 2.24 bits per heavy atom. The van der Waals surface area contributed by atoms with Crippen LogP contribution in [0.4, 0.5) is 0 Å². The zero-order chi connectivity index (χ0) is 11.8. The molecule has 1 saturated carbocycles. The molecule has 2 aromatic rings. The topological polar surface area (TPSA) is 105 Å². The van der Waals surface area contributed by atoms with Gasteiger partial charge in [-0.1, -0.05) is 0 Å². The van der Waals surface area contributed by atoms with Gasteiger partial charge in [-0.3, -0.25) is 0 Å². The smallest absolute Gasteiger partial charge is 0.339 e. The van der Waals surface area contributed by atoms with Crippen LogP contribution in [0.5, 0.6) is 0 Å². The van der Waals surface area contributed by atoms with E-state index in [0.29, 0.717) is 17.2 Å². The van der Waals surface area contributed by atoms with Crippen LogP contribution in [0.15, 0.2) is 12.4 Å². The van der Waals surface area contributed by atoms with Crippen molar-refractivity contribution in [1.82, 2.24) is 25.4 Å². The molecule has 2 aromatic heterocycles. The van der Waals surface area contributed by atoms with E-state index < -0.39 is 5.97 Å². The molecule has 17 heavy (non-hydrogen) atoms. The lowest BCUT2D eigenvalue weighted by molar-refractivity contribution is 0.0694. The molecule has 1 aliphatic carbocycles. The molecular formula is C10H9N5O2. The molecule has 0 unspecified atom stereocenters. The Bertz CT molecular complexity index is 562. The Morgan fingerprint density at radius 3 is 2.82 bits per heavy atom. The van der Waals surface area contributed by atoms with Crippen LogP contribution in [-0.4, -0.2) is 36.5 Å². The molecule has 1 aliphatic rings. The number of aromatic amines is 1. The average molecular weight is 231 g/mol. The first kappa shape index (κ1) is 9.88. The van der Waals surface area contributed by atoms with Crippen molar-refractivity contribution in [3.05, 3.63) is 23.7 Å². The number of hydrogen-bond donors (Lipinski definition) is 2. The van der Waals surface area contributed by atoms with E-state index in [0.717, 1.165) is 12.8 Å². The standard InChI is InChI=1S/C10H9N5O2/c16-10(17)6-3-11-9(7-4-12-15-14-7)13-8(6)5-1-2-5/h3-5H,1-2H2,(H,16,17)(H,12,14,15). The van der Waals surface area contributed by atoms with Crippen LogP contribution in [0, 0.1) is 0 Å². The lowest BCUT2D eigenvalue weighted by Crippen LogP contribution is -2.06. The lowest BCUT2D eigenvalue weighted by atomic mass is 10.1. The van der Waals surface area contributed by atoms with Crippen LogP contribution in [0.25, 0.3) is 11.5 Å². The zero-order valence-corrected chi connectivity index (χ0v) is 8.79. The van der Waals surface area contributed by atoms with Gasteiger partial charge in [0, 0.05) is 12.1 Å². The van der Waals surface area contributed by atoms with Gasteiger partial charge >= 0.3 is 5.97 Å². The van der Waals surface area contributed by atoms with Gasteiger partial charge < -0.3 is 5.11 Å². The Morgan fingerprint density at radius 1 is 1.41 bits per heavy atom. The lowest BCUT2D eigenvalue weighted by Gasteiger charge is -2.04. The number of nitrogens with one attached hydrogen (secondary N) is 1. The Hall–Kier alpha value is -2.31. The molecule has 0 atom stereocenters. The highest BCUT2D eigenvalue weighted by Crippen LogP contribution is 2.40. The van der Waals surface area contributed by atoms with E-state index in [1.807, 2.05) is 0 Å². The molecule has 2 heterocycles. The molecule has 0 radical (unpaired) electrons. The molecule has 0 amide bonds. The summed E-state index contributed by atoms with van der Waals surface area (Å²) in [5.74, 6) is -0.334. The number of carboxylic acids is 1. The average Bonchev–Trinajstić information content (AvgIpc) is 3.03. The number of carbonyl (C=O) groups is 1. The number of H-pyrrole nitrogens is 1.